The Labute approximate surface area is 420 Å². The van der Waals surface area contributed by atoms with Crippen molar-refractivity contribution in [3.8, 4) is 23.0 Å². The first-order chi connectivity index (χ1) is 34.7. The van der Waals surface area contributed by atoms with E-state index in [0.29, 0.717) is 61.5 Å². The number of rotatable bonds is 23. The number of fused-ring (bicyclic) bond motifs is 1. The van der Waals surface area contributed by atoms with Crippen LogP contribution in [0.15, 0.2) is 72.8 Å². The van der Waals surface area contributed by atoms with Crippen molar-refractivity contribution in [3.05, 3.63) is 117 Å². The summed E-state index contributed by atoms with van der Waals surface area (Å²) in [5.74, 6) is -1.90. The van der Waals surface area contributed by atoms with E-state index >= 15 is 0 Å². The molecular formula is C56H65N3O13. The zero-order valence-electron chi connectivity index (χ0n) is 42.0. The van der Waals surface area contributed by atoms with Gasteiger partial charge in [-0.1, -0.05) is 49.4 Å². The van der Waals surface area contributed by atoms with Crippen LogP contribution in [0.1, 0.15) is 131 Å². The Hall–Kier alpha value is -7.07. The summed E-state index contributed by atoms with van der Waals surface area (Å²) in [5, 5.41) is 2.19. The van der Waals surface area contributed by atoms with Crippen molar-refractivity contribution in [3.63, 3.8) is 0 Å². The summed E-state index contributed by atoms with van der Waals surface area (Å²) < 4.78 is 35.1. The van der Waals surface area contributed by atoms with Crippen molar-refractivity contribution in [2.45, 2.75) is 116 Å². The van der Waals surface area contributed by atoms with Gasteiger partial charge in [0.15, 0.2) is 17.3 Å². The molecule has 0 radical (unpaired) electrons. The predicted octanol–water partition coefficient (Wildman–Crippen LogP) is 7.65. The number of ketones is 1. The third-order valence-corrected chi connectivity index (χ3v) is 13.7. The number of methoxy groups -OCH3 is 2. The molecule has 16 heteroatoms. The number of carbonyl (C=O) groups is 7. The van der Waals surface area contributed by atoms with Crippen molar-refractivity contribution in [2.24, 2.45) is 0 Å². The first-order valence-electron chi connectivity index (χ1n) is 24.8. The summed E-state index contributed by atoms with van der Waals surface area (Å²) in [6.45, 7) is 8.72. The number of carbonyl (C=O) groups excluding carboxylic acids is 7. The average Bonchev–Trinajstić information content (AvgIpc) is 3.63. The summed E-state index contributed by atoms with van der Waals surface area (Å²) in [5.41, 5.74) is 5.98. The van der Waals surface area contributed by atoms with Gasteiger partial charge in [-0.3, -0.25) is 39.0 Å². The molecule has 3 heterocycles. The van der Waals surface area contributed by atoms with Crippen LogP contribution in [-0.4, -0.2) is 110 Å². The Morgan fingerprint density at radius 2 is 1.58 bits per heavy atom. The van der Waals surface area contributed by atoms with Gasteiger partial charge in [-0.05, 0) is 136 Å². The van der Waals surface area contributed by atoms with E-state index in [0.717, 1.165) is 34.4 Å². The maximum absolute atomic E-state index is 14.4. The molecular weight excluding hydrogens is 923 g/mol. The van der Waals surface area contributed by atoms with E-state index in [-0.39, 0.29) is 74.3 Å². The number of ether oxygens (including phenoxy) is 6. The maximum atomic E-state index is 14.4. The summed E-state index contributed by atoms with van der Waals surface area (Å²) in [6.07, 6.45) is 3.65. The quantitative estimate of drug-likeness (QED) is 0.0433. The molecule has 0 aliphatic carbocycles. The van der Waals surface area contributed by atoms with E-state index in [2.05, 4.69) is 37.4 Å². The second-order valence-corrected chi connectivity index (χ2v) is 18.6. The number of hydrogen-bond donors (Lipinski definition) is 1. The Morgan fingerprint density at radius 3 is 2.33 bits per heavy atom. The summed E-state index contributed by atoms with van der Waals surface area (Å²) in [7, 11) is 3.15. The number of Topliss-reactive ketones (excluding diaryl/α,β-unsaturated/α-hetero) is 1. The van der Waals surface area contributed by atoms with Crippen LogP contribution in [-0.2, 0) is 39.9 Å². The van der Waals surface area contributed by atoms with Crippen LogP contribution in [0, 0.1) is 20.8 Å². The maximum Gasteiger partial charge on any atom is 0.329 e. The Morgan fingerprint density at radius 1 is 0.778 bits per heavy atom. The zero-order chi connectivity index (χ0) is 51.5. The highest BCUT2D eigenvalue weighted by molar-refractivity contribution is 6.24. The van der Waals surface area contributed by atoms with Crippen molar-refractivity contribution in [2.75, 3.05) is 47.2 Å². The SMILES string of the molecule is CC[C@H](C(=O)N1CCCC[C@H]1C(=O)OC(CCc1ccc(C)c(C)c1)c1cccc(OCC(=O)CCCOCCOc2cccc3c2C(=O)N(C2CCC(=O)NC2=O)C3=O)c1)c1cc(C)c(OC)c(OC)c1. The third kappa shape index (κ3) is 12.3. The largest absolute Gasteiger partial charge is 0.493 e. The second kappa shape index (κ2) is 24.4. The highest BCUT2D eigenvalue weighted by Crippen LogP contribution is 2.38. The lowest BCUT2D eigenvalue weighted by molar-refractivity contribution is -0.162. The number of hydrogen-bond acceptors (Lipinski definition) is 13. The number of piperidine rings is 2. The van der Waals surface area contributed by atoms with E-state index in [1.807, 2.05) is 32.0 Å². The molecule has 0 bridgehead atoms. The number of imide groups is 2. The van der Waals surface area contributed by atoms with Crippen LogP contribution in [0.5, 0.6) is 23.0 Å². The monoisotopic (exact) mass is 987 g/mol. The van der Waals surface area contributed by atoms with Crippen molar-refractivity contribution in [1.82, 2.24) is 15.1 Å². The van der Waals surface area contributed by atoms with Crippen LogP contribution in [0.4, 0.5) is 0 Å². The zero-order valence-corrected chi connectivity index (χ0v) is 42.0. The topological polar surface area (TPSA) is 193 Å². The predicted molar refractivity (Wildman–Crippen MR) is 265 cm³/mol. The first-order valence-corrected chi connectivity index (χ1v) is 24.8. The lowest BCUT2D eigenvalue weighted by Crippen LogP contribution is -2.54. The molecule has 0 aromatic heterocycles. The molecule has 382 valence electrons. The fourth-order valence-corrected chi connectivity index (χ4v) is 9.67. The smallest absolute Gasteiger partial charge is 0.329 e. The van der Waals surface area contributed by atoms with Gasteiger partial charge in [0.05, 0.1) is 37.9 Å². The fraction of sp³-hybridized carbons (Fsp3) is 0.446. The van der Waals surface area contributed by atoms with E-state index in [9.17, 15) is 33.6 Å². The number of nitrogens with one attached hydrogen (secondary N) is 1. The van der Waals surface area contributed by atoms with Gasteiger partial charge in [0.1, 0.15) is 42.9 Å². The summed E-state index contributed by atoms with van der Waals surface area (Å²) >= 11 is 0. The third-order valence-electron chi connectivity index (χ3n) is 13.7. The fourth-order valence-electron chi connectivity index (χ4n) is 9.67. The molecule has 2 fully saturated rings. The van der Waals surface area contributed by atoms with Crippen LogP contribution in [0.3, 0.4) is 0 Å². The number of esters is 1. The minimum atomic E-state index is -1.08. The molecule has 72 heavy (non-hydrogen) atoms. The number of aryl methyl sites for hydroxylation is 4. The number of amides is 5. The Balaban J connectivity index is 0.927. The van der Waals surface area contributed by atoms with E-state index in [1.54, 1.807) is 49.5 Å². The van der Waals surface area contributed by atoms with Crippen LogP contribution in [0.2, 0.25) is 0 Å². The van der Waals surface area contributed by atoms with Crippen molar-refractivity contribution < 1.29 is 62.0 Å². The minimum Gasteiger partial charge on any atom is -0.493 e. The number of nitrogens with zero attached hydrogens (tertiary/aromatic N) is 2. The molecule has 1 N–H and O–H groups in total. The summed E-state index contributed by atoms with van der Waals surface area (Å²) in [6, 6.07) is 20.1. The van der Waals surface area contributed by atoms with Gasteiger partial charge in [-0.25, -0.2) is 4.79 Å². The molecule has 4 atom stereocenters. The van der Waals surface area contributed by atoms with Crippen LogP contribution < -0.4 is 24.3 Å². The lowest BCUT2D eigenvalue weighted by atomic mass is 9.91. The molecule has 16 nitrogen and oxygen atoms in total. The minimum absolute atomic E-state index is 0.0184. The number of benzene rings is 4. The van der Waals surface area contributed by atoms with Crippen molar-refractivity contribution in [1.29, 1.82) is 0 Å². The first kappa shape index (κ1) is 52.7. The summed E-state index contributed by atoms with van der Waals surface area (Å²) in [4.78, 5) is 95.0. The molecule has 4 aromatic rings. The Kier molecular flexibility index (Phi) is 17.9. The van der Waals surface area contributed by atoms with Crippen molar-refractivity contribution >= 4 is 41.3 Å². The lowest BCUT2D eigenvalue weighted by Gasteiger charge is -2.37. The molecule has 0 saturated carbocycles. The van der Waals surface area contributed by atoms with Gasteiger partial charge in [-0.2, -0.15) is 0 Å². The van der Waals surface area contributed by atoms with Gasteiger partial charge in [0.2, 0.25) is 17.7 Å². The highest BCUT2D eigenvalue weighted by Gasteiger charge is 2.46. The highest BCUT2D eigenvalue weighted by atomic mass is 16.5. The number of likely N-dealkylation sites (tertiary alicyclic amines) is 1. The molecule has 2 unspecified atom stereocenters. The normalized spacial score (nSPS) is 17.5. The van der Waals surface area contributed by atoms with E-state index in [4.69, 9.17) is 28.4 Å². The van der Waals surface area contributed by atoms with E-state index < -0.39 is 53.7 Å². The average molecular weight is 988 g/mol. The van der Waals surface area contributed by atoms with Gasteiger partial charge in [0, 0.05) is 26.0 Å². The molecule has 3 aliphatic rings. The van der Waals surface area contributed by atoms with Gasteiger partial charge < -0.3 is 33.3 Å². The van der Waals surface area contributed by atoms with Crippen LogP contribution in [0.25, 0.3) is 0 Å². The molecule has 5 amide bonds. The van der Waals surface area contributed by atoms with Gasteiger partial charge in [0.25, 0.3) is 11.8 Å². The molecule has 4 aromatic carbocycles. The Bertz CT molecular complexity index is 2680. The molecule has 0 spiro atoms. The molecule has 7 rings (SSSR count). The second-order valence-electron chi connectivity index (χ2n) is 18.6. The standard InChI is InChI=1S/C56H65N3O13/c1-7-42(39-30-36(4)51(68-6)48(32-39)67-5)53(63)58-25-9-8-17-45(58)56(66)72-46(23-21-37-20-19-34(2)35(3)29-37)38-13-10-15-41(31-38)71-33-40(60)14-12-26-69-27-28-70-47-18-11-16-43-50(47)55(65)59(54(43)64)44-22-24-49(61)57-52(44)62/h10-11,13,15-16,18-20,29-32,42,44-46H,7-9,12,14,17,21-28,33H2,1-6H3,(H,57,61,62)/t42-,44?,45-,46?/m0/s1. The van der Waals surface area contributed by atoms with Crippen LogP contribution >= 0.6 is 0 Å². The van der Waals surface area contributed by atoms with E-state index in [1.165, 1.54) is 17.2 Å². The van der Waals surface area contributed by atoms with Gasteiger partial charge in [-0.15, -0.1) is 0 Å². The van der Waals surface area contributed by atoms with Gasteiger partial charge >= 0.3 is 5.97 Å². The molecule has 2 saturated heterocycles. The molecule has 3 aliphatic heterocycles.